The van der Waals surface area contributed by atoms with Crippen LogP contribution in [0.15, 0.2) is 64.4 Å². The molecule has 32 heavy (non-hydrogen) atoms. The average Bonchev–Trinajstić information content (AvgIpc) is 3.13. The highest BCUT2D eigenvalue weighted by molar-refractivity contribution is 7.99. The molecule has 1 aromatic heterocycles. The second kappa shape index (κ2) is 9.37. The molecule has 0 aliphatic heterocycles. The molecule has 0 spiro atoms. The van der Waals surface area contributed by atoms with Gasteiger partial charge in [-0.15, -0.1) is 0 Å². The van der Waals surface area contributed by atoms with Crippen LogP contribution in [-0.4, -0.2) is 9.97 Å². The van der Waals surface area contributed by atoms with Crippen LogP contribution in [0, 0.1) is 0 Å². The highest BCUT2D eigenvalue weighted by Crippen LogP contribution is 2.45. The number of fused-ring (bicyclic) bond motifs is 1. The lowest BCUT2D eigenvalue weighted by atomic mass is 10.2. The summed E-state index contributed by atoms with van der Waals surface area (Å²) in [4.78, 5) is 6.01. The number of aromatic nitrogens is 1. The van der Waals surface area contributed by atoms with Crippen LogP contribution < -0.4 is 5.32 Å². The molecule has 0 fully saturated rings. The zero-order chi connectivity index (χ0) is 23.0. The molecule has 0 saturated carbocycles. The molecule has 0 saturated heterocycles. The monoisotopic (exact) mass is 548 g/mol. The molecular formula is C21H10Cl3F3N2S3. The number of hydrogen-bond donors (Lipinski definition) is 1. The minimum Gasteiger partial charge on any atom is -0.322 e. The van der Waals surface area contributed by atoms with Crippen molar-refractivity contribution in [3.63, 3.8) is 0 Å². The van der Waals surface area contributed by atoms with Gasteiger partial charge in [0.1, 0.15) is 4.99 Å². The number of anilines is 1. The molecule has 0 unspecified atom stereocenters. The van der Waals surface area contributed by atoms with Crippen LogP contribution in [0.1, 0.15) is 11.1 Å². The Hall–Kier alpha value is -1.55. The fraction of sp³-hybridized carbons (Fsp3) is 0.0476. The Morgan fingerprint density at radius 3 is 2.34 bits per heavy atom. The summed E-state index contributed by atoms with van der Waals surface area (Å²) < 4.78 is 39.1. The van der Waals surface area contributed by atoms with Crippen molar-refractivity contribution >= 4 is 90.5 Å². The van der Waals surface area contributed by atoms with Gasteiger partial charge in [0.15, 0.2) is 5.13 Å². The Kier molecular flexibility index (Phi) is 6.91. The maximum absolute atomic E-state index is 12.8. The van der Waals surface area contributed by atoms with Gasteiger partial charge in [-0.2, -0.15) is 13.2 Å². The van der Waals surface area contributed by atoms with Gasteiger partial charge in [0.25, 0.3) is 0 Å². The summed E-state index contributed by atoms with van der Waals surface area (Å²) in [5.74, 6) is 0. The number of thiocarbonyl (C=S) groups is 1. The Morgan fingerprint density at radius 1 is 1.00 bits per heavy atom. The van der Waals surface area contributed by atoms with E-state index < -0.39 is 11.7 Å². The molecule has 0 aliphatic carbocycles. The van der Waals surface area contributed by atoms with E-state index in [-0.39, 0.29) is 0 Å². The van der Waals surface area contributed by atoms with E-state index >= 15 is 0 Å². The van der Waals surface area contributed by atoms with Gasteiger partial charge in [-0.05, 0) is 36.4 Å². The molecule has 0 amide bonds. The lowest BCUT2D eigenvalue weighted by molar-refractivity contribution is -0.137. The Labute approximate surface area is 209 Å². The number of rotatable bonds is 4. The quantitative estimate of drug-likeness (QED) is 0.257. The SMILES string of the molecule is FC(F)(F)c1ccc(Sc2c(Cl)cc3nc(NC(=S)c4ccccc4Cl)sc3c2Cl)cc1. The largest absolute Gasteiger partial charge is 0.416 e. The third-order valence-corrected chi connectivity index (χ3v) is 8.08. The van der Waals surface area contributed by atoms with Crippen molar-refractivity contribution in [2.45, 2.75) is 16.0 Å². The van der Waals surface area contributed by atoms with Gasteiger partial charge in [-0.3, -0.25) is 0 Å². The molecule has 4 rings (SSSR count). The van der Waals surface area contributed by atoms with Crippen LogP contribution >= 0.6 is 70.1 Å². The molecule has 0 bridgehead atoms. The summed E-state index contributed by atoms with van der Waals surface area (Å²) in [6, 6.07) is 13.6. The molecule has 11 heteroatoms. The molecular weight excluding hydrogens is 540 g/mol. The third-order valence-electron chi connectivity index (χ3n) is 4.27. The minimum absolute atomic E-state index is 0.345. The van der Waals surface area contributed by atoms with Gasteiger partial charge in [0, 0.05) is 10.5 Å². The Balaban J connectivity index is 1.62. The van der Waals surface area contributed by atoms with E-state index in [2.05, 4.69) is 10.3 Å². The maximum Gasteiger partial charge on any atom is 0.416 e. The third kappa shape index (κ3) is 5.00. The van der Waals surface area contributed by atoms with E-state index in [1.165, 1.54) is 35.2 Å². The number of nitrogens with zero attached hydrogens (tertiary/aromatic N) is 1. The minimum atomic E-state index is -4.39. The van der Waals surface area contributed by atoms with Crippen molar-refractivity contribution in [2.75, 3.05) is 5.32 Å². The summed E-state index contributed by atoms with van der Waals surface area (Å²) in [6.45, 7) is 0. The summed E-state index contributed by atoms with van der Waals surface area (Å²) >= 11 is 27.1. The van der Waals surface area contributed by atoms with Gasteiger partial charge >= 0.3 is 6.18 Å². The zero-order valence-corrected chi connectivity index (χ0v) is 20.4. The van der Waals surface area contributed by atoms with Crippen molar-refractivity contribution in [3.8, 4) is 0 Å². The van der Waals surface area contributed by atoms with E-state index in [9.17, 15) is 13.2 Å². The number of alkyl halides is 3. The molecule has 0 radical (unpaired) electrons. The molecule has 164 valence electrons. The van der Waals surface area contributed by atoms with Gasteiger partial charge in [0.2, 0.25) is 0 Å². The first kappa shape index (κ1) is 23.6. The van der Waals surface area contributed by atoms with Gasteiger partial charge in [-0.25, -0.2) is 4.98 Å². The summed E-state index contributed by atoms with van der Waals surface area (Å²) in [6.07, 6.45) is -4.39. The van der Waals surface area contributed by atoms with E-state index in [0.717, 1.165) is 12.1 Å². The second-order valence-electron chi connectivity index (χ2n) is 6.43. The molecule has 0 aliphatic rings. The van der Waals surface area contributed by atoms with E-state index in [4.69, 9.17) is 47.0 Å². The zero-order valence-electron chi connectivity index (χ0n) is 15.6. The van der Waals surface area contributed by atoms with Crippen molar-refractivity contribution in [1.82, 2.24) is 4.98 Å². The van der Waals surface area contributed by atoms with Crippen molar-refractivity contribution in [3.05, 3.63) is 80.8 Å². The lowest BCUT2D eigenvalue weighted by Gasteiger charge is -2.09. The normalized spacial score (nSPS) is 11.7. The van der Waals surface area contributed by atoms with Crippen molar-refractivity contribution in [2.24, 2.45) is 0 Å². The average molecular weight is 550 g/mol. The summed E-state index contributed by atoms with van der Waals surface area (Å²) in [7, 11) is 0. The smallest absolute Gasteiger partial charge is 0.322 e. The Morgan fingerprint density at radius 2 is 1.69 bits per heavy atom. The summed E-state index contributed by atoms with van der Waals surface area (Å²) in [5.41, 5.74) is 0.527. The van der Waals surface area contributed by atoms with E-state index in [1.54, 1.807) is 18.2 Å². The maximum atomic E-state index is 12.8. The lowest BCUT2D eigenvalue weighted by Crippen LogP contribution is -2.10. The van der Waals surface area contributed by atoms with E-state index in [0.29, 0.717) is 50.8 Å². The highest BCUT2D eigenvalue weighted by Gasteiger charge is 2.30. The van der Waals surface area contributed by atoms with Gasteiger partial charge < -0.3 is 5.32 Å². The Bertz CT molecular complexity index is 1320. The number of halogens is 6. The molecule has 1 heterocycles. The van der Waals surface area contributed by atoms with Crippen molar-refractivity contribution in [1.29, 1.82) is 0 Å². The number of benzene rings is 3. The first-order valence-electron chi connectivity index (χ1n) is 8.83. The summed E-state index contributed by atoms with van der Waals surface area (Å²) in [5, 5.41) is 4.81. The first-order chi connectivity index (χ1) is 15.1. The molecule has 0 atom stereocenters. The van der Waals surface area contributed by atoms with Gasteiger partial charge in [-0.1, -0.05) is 88.3 Å². The predicted molar refractivity (Wildman–Crippen MR) is 132 cm³/mol. The van der Waals surface area contributed by atoms with Crippen LogP contribution in [0.3, 0.4) is 0 Å². The number of hydrogen-bond acceptors (Lipinski definition) is 4. The first-order valence-corrected chi connectivity index (χ1v) is 12.0. The van der Waals surface area contributed by atoms with Crippen LogP contribution in [0.4, 0.5) is 18.3 Å². The standard InChI is InChI=1S/C21H10Cl3F3N2S3/c22-13-4-2-1-3-12(13)19(30)29-20-28-15-9-14(23)17(16(24)18(15)32-20)31-11-7-5-10(6-8-11)21(25,26)27/h1-9H,(H,28,29,30). The molecule has 4 aromatic rings. The second-order valence-corrected chi connectivity index (χ2v) is 10.1. The number of thiazole rings is 1. The van der Waals surface area contributed by atoms with Crippen LogP contribution in [0.5, 0.6) is 0 Å². The fourth-order valence-corrected chi connectivity index (χ4v) is 6.00. The number of nitrogens with one attached hydrogen (secondary N) is 1. The molecule has 1 N–H and O–H groups in total. The van der Waals surface area contributed by atoms with Crippen LogP contribution in [-0.2, 0) is 6.18 Å². The highest BCUT2D eigenvalue weighted by atomic mass is 35.5. The molecule has 2 nitrogen and oxygen atoms in total. The van der Waals surface area contributed by atoms with Crippen LogP contribution in [0.25, 0.3) is 10.2 Å². The van der Waals surface area contributed by atoms with Gasteiger partial charge in [0.05, 0.1) is 35.7 Å². The van der Waals surface area contributed by atoms with E-state index in [1.807, 2.05) is 12.1 Å². The van der Waals surface area contributed by atoms with Crippen LogP contribution in [0.2, 0.25) is 15.1 Å². The topological polar surface area (TPSA) is 24.9 Å². The fourth-order valence-electron chi connectivity index (χ4n) is 2.77. The predicted octanol–water partition coefficient (Wildman–Crippen LogP) is 9.21. The van der Waals surface area contributed by atoms with Crippen molar-refractivity contribution < 1.29 is 13.2 Å². The molecule has 3 aromatic carbocycles.